The molecule has 0 saturated heterocycles. The summed E-state index contributed by atoms with van der Waals surface area (Å²) < 4.78 is 24.0. The molecule has 4 heteroatoms. The third kappa shape index (κ3) is 5.46. The second-order valence-corrected chi connectivity index (χ2v) is 7.72. The quantitative estimate of drug-likeness (QED) is 0.638. The van der Waals surface area contributed by atoms with Crippen molar-refractivity contribution in [1.82, 2.24) is 0 Å². The fourth-order valence-corrected chi connectivity index (χ4v) is 3.98. The van der Waals surface area contributed by atoms with Crippen LogP contribution in [0.1, 0.15) is 69.8 Å². The second kappa shape index (κ2) is 9.38. The van der Waals surface area contributed by atoms with Gasteiger partial charge in [-0.2, -0.15) is 0 Å². The molecule has 3 nitrogen and oxygen atoms in total. The first kappa shape index (κ1) is 19.2. The van der Waals surface area contributed by atoms with E-state index >= 15 is 0 Å². The molecule has 0 bridgehead atoms. The van der Waals surface area contributed by atoms with Crippen LogP contribution in [-0.4, -0.2) is 24.9 Å². The predicted molar refractivity (Wildman–Crippen MR) is 99.9 cm³/mol. The van der Waals surface area contributed by atoms with Crippen molar-refractivity contribution in [3.8, 4) is 5.75 Å². The lowest BCUT2D eigenvalue weighted by atomic mass is 9.84. The highest BCUT2D eigenvalue weighted by Gasteiger charge is 2.26. The van der Waals surface area contributed by atoms with Crippen LogP contribution in [0.3, 0.4) is 0 Å². The summed E-state index contributed by atoms with van der Waals surface area (Å²) in [6.07, 6.45) is 9.19. The normalized spacial score (nSPS) is 25.5. The van der Waals surface area contributed by atoms with Gasteiger partial charge in [-0.1, -0.05) is 12.1 Å². The Morgan fingerprint density at radius 3 is 2.35 bits per heavy atom. The molecule has 0 spiro atoms. The second-order valence-electron chi connectivity index (χ2n) is 7.72. The van der Waals surface area contributed by atoms with Gasteiger partial charge in [0.05, 0.1) is 6.61 Å². The van der Waals surface area contributed by atoms with Gasteiger partial charge in [-0.05, 0) is 94.2 Å². The number of halogens is 1. The highest BCUT2D eigenvalue weighted by Crippen LogP contribution is 2.33. The van der Waals surface area contributed by atoms with E-state index in [9.17, 15) is 9.18 Å². The van der Waals surface area contributed by atoms with Gasteiger partial charge < -0.3 is 9.47 Å². The van der Waals surface area contributed by atoms with Crippen LogP contribution in [0.5, 0.6) is 5.75 Å². The number of esters is 1. The molecule has 1 aromatic carbocycles. The van der Waals surface area contributed by atoms with Gasteiger partial charge in [0.15, 0.2) is 6.17 Å². The minimum Gasteiger partial charge on any atom is -0.493 e. The fourth-order valence-electron chi connectivity index (χ4n) is 3.98. The molecular weight excluding hydrogens is 331 g/mol. The zero-order chi connectivity index (χ0) is 18.4. The van der Waals surface area contributed by atoms with E-state index in [2.05, 4.69) is 30.7 Å². The van der Waals surface area contributed by atoms with Crippen molar-refractivity contribution in [2.75, 3.05) is 6.61 Å². The number of hydrogen-bond acceptors (Lipinski definition) is 3. The van der Waals surface area contributed by atoms with E-state index in [1.165, 1.54) is 38.2 Å². The average Bonchev–Trinajstić information content (AvgIpc) is 2.68. The molecule has 1 atom stereocenters. The summed E-state index contributed by atoms with van der Waals surface area (Å²) in [6.45, 7) is 1.91. The molecule has 2 aliphatic rings. The van der Waals surface area contributed by atoms with E-state index in [1.54, 1.807) is 0 Å². The van der Waals surface area contributed by atoms with Crippen molar-refractivity contribution in [1.29, 1.82) is 0 Å². The van der Waals surface area contributed by atoms with E-state index in [1.807, 2.05) is 0 Å². The number of hydrogen-bond donors (Lipinski definition) is 0. The highest BCUT2D eigenvalue weighted by molar-refractivity contribution is 5.74. The molecule has 0 aromatic heterocycles. The highest BCUT2D eigenvalue weighted by atomic mass is 19.1. The van der Waals surface area contributed by atoms with Crippen LogP contribution in [0.15, 0.2) is 24.3 Å². The predicted octanol–water partition coefficient (Wildman–Crippen LogP) is 5.39. The average molecular weight is 361 g/mol. The zero-order valence-electron chi connectivity index (χ0n) is 15.7. The maximum atomic E-state index is 12.9. The molecule has 26 heavy (non-hydrogen) atoms. The minimum absolute atomic E-state index is 0.135. The maximum Gasteiger partial charge on any atom is 0.340 e. The van der Waals surface area contributed by atoms with Crippen molar-refractivity contribution in [3.63, 3.8) is 0 Å². The molecule has 2 aliphatic carbocycles. The summed E-state index contributed by atoms with van der Waals surface area (Å²) in [4.78, 5) is 11.3. The fraction of sp³-hybridized carbons (Fsp3) is 0.636. The standard InChI is InChI=1S/C22H30FO3/c1-16(23)22(24)26-21-11-7-17(8-12-21)15-25-20-13-9-19(10-14-20)18-5-3-2-4-6-18/h2,9-10,13-14,16-18,21H,3-8,11-12,15H2,1H3/t16-,17-,21-/m1/s1. The van der Waals surface area contributed by atoms with Crippen LogP contribution in [-0.2, 0) is 9.53 Å². The van der Waals surface area contributed by atoms with Gasteiger partial charge in [0.2, 0.25) is 0 Å². The molecule has 1 radical (unpaired) electrons. The Morgan fingerprint density at radius 1 is 1.08 bits per heavy atom. The first-order valence-electron chi connectivity index (χ1n) is 10.0. The molecule has 143 valence electrons. The van der Waals surface area contributed by atoms with Gasteiger partial charge in [-0.25, -0.2) is 9.18 Å². The van der Waals surface area contributed by atoms with Gasteiger partial charge in [0.1, 0.15) is 11.9 Å². The third-order valence-corrected chi connectivity index (χ3v) is 5.68. The lowest BCUT2D eigenvalue weighted by Crippen LogP contribution is -2.29. The van der Waals surface area contributed by atoms with Gasteiger partial charge in [-0.15, -0.1) is 0 Å². The molecular formula is C22H30FO3. The molecule has 0 heterocycles. The van der Waals surface area contributed by atoms with Crippen LogP contribution in [0, 0.1) is 12.3 Å². The van der Waals surface area contributed by atoms with Gasteiger partial charge in [0.25, 0.3) is 0 Å². The molecule has 0 unspecified atom stereocenters. The summed E-state index contributed by atoms with van der Waals surface area (Å²) >= 11 is 0. The Balaban J connectivity index is 1.39. The van der Waals surface area contributed by atoms with Crippen molar-refractivity contribution in [2.24, 2.45) is 5.92 Å². The molecule has 3 rings (SSSR count). The summed E-state index contributed by atoms with van der Waals surface area (Å²) in [5, 5.41) is 0. The molecule has 0 N–H and O–H groups in total. The Morgan fingerprint density at radius 2 is 1.73 bits per heavy atom. The largest absolute Gasteiger partial charge is 0.493 e. The lowest BCUT2D eigenvalue weighted by Gasteiger charge is -2.28. The number of carbonyl (C=O) groups excluding carboxylic acids is 1. The van der Waals surface area contributed by atoms with Gasteiger partial charge in [0, 0.05) is 0 Å². The topological polar surface area (TPSA) is 35.5 Å². The van der Waals surface area contributed by atoms with Crippen LogP contribution >= 0.6 is 0 Å². The van der Waals surface area contributed by atoms with Crippen molar-refractivity contribution >= 4 is 5.97 Å². The molecule has 1 aromatic rings. The van der Waals surface area contributed by atoms with Gasteiger partial charge >= 0.3 is 5.97 Å². The molecule has 2 saturated carbocycles. The van der Waals surface area contributed by atoms with E-state index in [0.29, 0.717) is 18.4 Å². The summed E-state index contributed by atoms with van der Waals surface area (Å²) in [5.74, 6) is 1.36. The van der Waals surface area contributed by atoms with Gasteiger partial charge in [-0.3, -0.25) is 0 Å². The number of carbonyl (C=O) groups is 1. The summed E-state index contributed by atoms with van der Waals surface area (Å²) in [7, 11) is 0. The number of benzene rings is 1. The van der Waals surface area contributed by atoms with Crippen LogP contribution < -0.4 is 4.74 Å². The molecule has 0 amide bonds. The Labute approximate surface area is 156 Å². The Hall–Kier alpha value is -1.58. The van der Waals surface area contributed by atoms with E-state index < -0.39 is 12.1 Å². The van der Waals surface area contributed by atoms with E-state index in [4.69, 9.17) is 9.47 Å². The molecule has 2 fully saturated rings. The van der Waals surface area contributed by atoms with E-state index in [0.717, 1.165) is 31.4 Å². The number of rotatable bonds is 6. The monoisotopic (exact) mass is 361 g/mol. The Kier molecular flexibility index (Phi) is 6.93. The first-order valence-corrected chi connectivity index (χ1v) is 10.0. The van der Waals surface area contributed by atoms with Crippen LogP contribution in [0.2, 0.25) is 0 Å². The summed E-state index contributed by atoms with van der Waals surface area (Å²) in [6, 6.07) is 8.59. The third-order valence-electron chi connectivity index (χ3n) is 5.68. The number of ether oxygens (including phenoxy) is 2. The molecule has 0 aliphatic heterocycles. The minimum atomic E-state index is -1.54. The van der Waals surface area contributed by atoms with Crippen molar-refractivity contribution < 1.29 is 18.7 Å². The smallest absolute Gasteiger partial charge is 0.340 e. The van der Waals surface area contributed by atoms with E-state index in [-0.39, 0.29) is 6.10 Å². The lowest BCUT2D eigenvalue weighted by molar-refractivity contribution is -0.156. The van der Waals surface area contributed by atoms with Crippen molar-refractivity contribution in [2.45, 2.75) is 76.5 Å². The number of alkyl halides is 1. The zero-order valence-corrected chi connectivity index (χ0v) is 15.7. The van der Waals surface area contributed by atoms with Crippen LogP contribution in [0.25, 0.3) is 0 Å². The van der Waals surface area contributed by atoms with Crippen molar-refractivity contribution in [3.05, 3.63) is 36.2 Å². The first-order chi connectivity index (χ1) is 12.6. The SMILES string of the molecule is C[C@@H](F)C(=O)O[C@H]1CC[C@H](COc2ccc(C3CC[CH]CC3)cc2)CC1. The summed E-state index contributed by atoms with van der Waals surface area (Å²) in [5.41, 5.74) is 1.43. The van der Waals surface area contributed by atoms with Crippen LogP contribution in [0.4, 0.5) is 4.39 Å². The Bertz CT molecular complexity index is 555. The maximum absolute atomic E-state index is 12.9.